The van der Waals surface area contributed by atoms with Gasteiger partial charge in [0.15, 0.2) is 0 Å². The lowest BCUT2D eigenvalue weighted by molar-refractivity contribution is 0.834. The van der Waals surface area contributed by atoms with Crippen molar-refractivity contribution in [1.82, 2.24) is 0 Å². The maximum atomic E-state index is 5.10. The topological polar surface area (TPSA) is 24.7 Å². The zero-order valence-electron chi connectivity index (χ0n) is 20.3. The fraction of sp³-hybridized carbons (Fsp3) is 0.519. The molecule has 0 aliphatic heterocycles. The highest BCUT2D eigenvalue weighted by Crippen LogP contribution is 2.37. The molecule has 0 aliphatic carbocycles. The van der Waals surface area contributed by atoms with Crippen LogP contribution in [0.2, 0.25) is 0 Å². The van der Waals surface area contributed by atoms with Crippen LogP contribution in [0, 0.1) is 0 Å². The van der Waals surface area contributed by atoms with Crippen molar-refractivity contribution in [2.24, 2.45) is 9.74 Å². The first-order chi connectivity index (χ1) is 14.1. The van der Waals surface area contributed by atoms with E-state index in [1.807, 2.05) is 0 Å². The second kappa shape index (κ2) is 11.0. The van der Waals surface area contributed by atoms with Crippen LogP contribution in [0.4, 0.5) is 11.4 Å². The van der Waals surface area contributed by atoms with Gasteiger partial charge in [0.2, 0.25) is 0 Å². The summed E-state index contributed by atoms with van der Waals surface area (Å²) in [5.41, 5.74) is 8.85. The molecule has 0 heterocycles. The molecule has 0 amide bonds. The van der Waals surface area contributed by atoms with Crippen molar-refractivity contribution >= 4 is 25.5 Å². The highest BCUT2D eigenvalue weighted by atomic mass is 31.1. The van der Waals surface area contributed by atoms with Gasteiger partial charge in [-0.2, -0.15) is 0 Å². The summed E-state index contributed by atoms with van der Waals surface area (Å²) < 4.78 is 5.04. The fourth-order valence-corrected chi connectivity index (χ4v) is 4.42. The Labute approximate surface area is 186 Å². The van der Waals surface area contributed by atoms with Gasteiger partial charge in [-0.25, -0.2) is 4.74 Å². The highest BCUT2D eigenvalue weighted by Gasteiger charge is 2.14. The molecule has 0 spiro atoms. The fourth-order valence-electron chi connectivity index (χ4n) is 3.70. The molecule has 0 aliphatic rings. The highest BCUT2D eigenvalue weighted by molar-refractivity contribution is 7.28. The summed E-state index contributed by atoms with van der Waals surface area (Å²) in [7, 11) is 1.06. The summed E-state index contributed by atoms with van der Waals surface area (Å²) in [4.78, 5) is 5.10. The van der Waals surface area contributed by atoms with E-state index in [1.165, 1.54) is 33.6 Å². The summed E-state index contributed by atoms with van der Waals surface area (Å²) in [6.45, 7) is 20.1. The second-order valence-corrected chi connectivity index (χ2v) is 10.2. The van der Waals surface area contributed by atoms with E-state index >= 15 is 0 Å². The molecule has 0 aromatic heterocycles. The third-order valence-electron chi connectivity index (χ3n) is 5.46. The molecule has 2 nitrogen and oxygen atoms in total. The molecule has 2 aromatic rings. The molecular formula is C27H39N2P. The number of para-hydroxylation sites is 1. The van der Waals surface area contributed by atoms with E-state index in [-0.39, 0.29) is 0 Å². The molecule has 0 atom stereocenters. The quantitative estimate of drug-likeness (QED) is 0.299. The van der Waals surface area contributed by atoms with Gasteiger partial charge in [0, 0.05) is 20.2 Å². The lowest BCUT2D eigenvalue weighted by Gasteiger charge is -2.17. The van der Waals surface area contributed by atoms with Gasteiger partial charge in [-0.05, 0) is 52.8 Å². The van der Waals surface area contributed by atoms with Crippen LogP contribution in [0.25, 0.3) is 0 Å². The molecule has 0 radical (unpaired) electrons. The smallest absolute Gasteiger partial charge is 0.0744 e. The van der Waals surface area contributed by atoms with Crippen LogP contribution in [0.15, 0.2) is 46.1 Å². The van der Waals surface area contributed by atoms with Gasteiger partial charge in [-0.3, -0.25) is 4.99 Å². The van der Waals surface area contributed by atoms with Crippen molar-refractivity contribution in [2.75, 3.05) is 6.16 Å². The molecule has 0 unspecified atom stereocenters. The van der Waals surface area contributed by atoms with E-state index in [0.717, 1.165) is 20.2 Å². The predicted octanol–water partition coefficient (Wildman–Crippen LogP) is 9.73. The van der Waals surface area contributed by atoms with Gasteiger partial charge in [0.25, 0.3) is 0 Å². The Morgan fingerprint density at radius 3 is 1.40 bits per heavy atom. The number of hydrogen-bond acceptors (Lipinski definition) is 2. The van der Waals surface area contributed by atoms with Crippen molar-refractivity contribution in [3.8, 4) is 0 Å². The molecule has 0 saturated heterocycles. The minimum Gasteiger partial charge on any atom is -0.257 e. The standard InChI is InChI=1S/C27H39N2P/c1-17(2)22-12-10-13-23(18(3)4)26(22)28-21(9)16-30-29-27-24(19(5)6)14-11-15-25(27)20(7)8/h10-15,17-20H,16H2,1-9H3. The first-order valence-corrected chi connectivity index (χ1v) is 12.3. The van der Waals surface area contributed by atoms with E-state index in [9.17, 15) is 0 Å². The predicted molar refractivity (Wildman–Crippen MR) is 136 cm³/mol. The SMILES string of the molecule is CC(CP=Nc1c(C(C)C)cccc1C(C)C)=Nc1c(C(C)C)cccc1C(C)C. The number of nitrogens with zero attached hydrogens (tertiary/aromatic N) is 2. The van der Waals surface area contributed by atoms with Gasteiger partial charge in [0.05, 0.1) is 11.4 Å². The Morgan fingerprint density at radius 2 is 1.03 bits per heavy atom. The molecule has 0 N–H and O–H groups in total. The number of aliphatic imine (C=N–C) groups is 1. The van der Waals surface area contributed by atoms with Crippen LogP contribution in [0.3, 0.4) is 0 Å². The minimum atomic E-state index is 0.462. The molecule has 162 valence electrons. The van der Waals surface area contributed by atoms with Gasteiger partial charge < -0.3 is 0 Å². The molecule has 30 heavy (non-hydrogen) atoms. The molecule has 3 heteroatoms. The van der Waals surface area contributed by atoms with Crippen LogP contribution >= 0.6 is 8.37 Å². The Morgan fingerprint density at radius 1 is 0.667 bits per heavy atom. The van der Waals surface area contributed by atoms with Gasteiger partial charge >= 0.3 is 0 Å². The van der Waals surface area contributed by atoms with Gasteiger partial charge in [-0.15, -0.1) is 0 Å². The first kappa shape index (κ1) is 24.5. The van der Waals surface area contributed by atoms with Crippen LogP contribution in [-0.4, -0.2) is 11.9 Å². The van der Waals surface area contributed by atoms with Crippen molar-refractivity contribution in [1.29, 1.82) is 0 Å². The summed E-state index contributed by atoms with van der Waals surface area (Å²) in [6.07, 6.45) is 0.855. The molecule has 0 bridgehead atoms. The van der Waals surface area contributed by atoms with E-state index < -0.39 is 0 Å². The average molecular weight is 423 g/mol. The maximum absolute atomic E-state index is 5.10. The van der Waals surface area contributed by atoms with Crippen molar-refractivity contribution in [3.05, 3.63) is 58.7 Å². The van der Waals surface area contributed by atoms with Crippen molar-refractivity contribution < 1.29 is 0 Å². The summed E-state index contributed by atoms with van der Waals surface area (Å²) >= 11 is 0. The molecular weight excluding hydrogens is 383 g/mol. The van der Waals surface area contributed by atoms with Crippen LogP contribution in [0.1, 0.15) is 108 Å². The number of hydrogen-bond donors (Lipinski definition) is 0. The summed E-state index contributed by atoms with van der Waals surface area (Å²) in [6, 6.07) is 13.2. The lowest BCUT2D eigenvalue weighted by Crippen LogP contribution is -1.99. The van der Waals surface area contributed by atoms with Gasteiger partial charge in [-0.1, -0.05) is 91.8 Å². The Balaban J connectivity index is 2.37. The Bertz CT molecular complexity index is 853. The normalized spacial score (nSPS) is 12.9. The monoisotopic (exact) mass is 422 g/mol. The molecule has 0 fully saturated rings. The van der Waals surface area contributed by atoms with E-state index in [4.69, 9.17) is 9.74 Å². The molecule has 0 saturated carbocycles. The second-order valence-electron chi connectivity index (χ2n) is 9.44. The van der Waals surface area contributed by atoms with Gasteiger partial charge in [0.1, 0.15) is 0 Å². The molecule has 2 rings (SSSR count). The summed E-state index contributed by atoms with van der Waals surface area (Å²) in [5, 5.41) is 0. The summed E-state index contributed by atoms with van der Waals surface area (Å²) in [5.74, 6) is 1.87. The Kier molecular flexibility index (Phi) is 8.98. The third kappa shape index (κ3) is 6.11. The van der Waals surface area contributed by atoms with Crippen LogP contribution in [-0.2, 0) is 0 Å². The van der Waals surface area contributed by atoms with E-state index in [0.29, 0.717) is 23.7 Å². The van der Waals surface area contributed by atoms with Crippen molar-refractivity contribution in [2.45, 2.75) is 86.0 Å². The van der Waals surface area contributed by atoms with Crippen LogP contribution in [0.5, 0.6) is 0 Å². The average Bonchev–Trinajstić information content (AvgIpc) is 2.67. The van der Waals surface area contributed by atoms with Crippen LogP contribution < -0.4 is 0 Å². The third-order valence-corrected chi connectivity index (χ3v) is 6.40. The molecule has 2 aromatic carbocycles. The lowest BCUT2D eigenvalue weighted by atomic mass is 9.93. The maximum Gasteiger partial charge on any atom is 0.0744 e. The van der Waals surface area contributed by atoms with E-state index in [2.05, 4.69) is 98.7 Å². The number of benzene rings is 2. The van der Waals surface area contributed by atoms with Crippen molar-refractivity contribution in [3.63, 3.8) is 0 Å². The first-order valence-electron chi connectivity index (χ1n) is 11.3. The number of rotatable bonds is 8. The Hall–Kier alpha value is -1.79. The zero-order chi connectivity index (χ0) is 22.4. The zero-order valence-corrected chi connectivity index (χ0v) is 21.2. The largest absolute Gasteiger partial charge is 0.257 e. The minimum absolute atomic E-state index is 0.462. The van der Waals surface area contributed by atoms with E-state index in [1.54, 1.807) is 0 Å².